The lowest BCUT2D eigenvalue weighted by atomic mass is 10.1. The van der Waals surface area contributed by atoms with Gasteiger partial charge in [-0.3, -0.25) is 9.10 Å². The molecule has 28 heavy (non-hydrogen) atoms. The molecule has 0 atom stereocenters. The van der Waals surface area contributed by atoms with Crippen molar-refractivity contribution in [3.8, 4) is 0 Å². The van der Waals surface area contributed by atoms with Gasteiger partial charge in [0.15, 0.2) is 0 Å². The molecule has 1 amide bonds. The second kappa shape index (κ2) is 7.86. The lowest BCUT2D eigenvalue weighted by Gasteiger charge is -2.22. The summed E-state index contributed by atoms with van der Waals surface area (Å²) in [6.07, 6.45) is 0. The smallest absolute Gasteiger partial charge is 0.264 e. The van der Waals surface area contributed by atoms with Crippen LogP contribution in [0.4, 0.5) is 11.4 Å². The van der Waals surface area contributed by atoms with E-state index in [9.17, 15) is 13.2 Å². The normalized spacial score (nSPS) is 11.1. The number of para-hydroxylation sites is 2. The highest BCUT2D eigenvalue weighted by molar-refractivity contribution is 7.92. The first kappa shape index (κ1) is 19.6. The van der Waals surface area contributed by atoms with Crippen molar-refractivity contribution in [2.45, 2.75) is 18.7 Å². The van der Waals surface area contributed by atoms with Crippen molar-refractivity contribution in [1.29, 1.82) is 0 Å². The quantitative estimate of drug-likeness (QED) is 0.698. The molecule has 0 radical (unpaired) electrons. The fourth-order valence-electron chi connectivity index (χ4n) is 3.01. The van der Waals surface area contributed by atoms with E-state index in [1.165, 1.54) is 19.2 Å². The summed E-state index contributed by atoms with van der Waals surface area (Å²) in [5, 5.41) is 2.92. The lowest BCUT2D eigenvalue weighted by Crippen LogP contribution is -2.29. The first-order valence-corrected chi connectivity index (χ1v) is 10.3. The van der Waals surface area contributed by atoms with Crippen molar-refractivity contribution in [3.63, 3.8) is 0 Å². The Kier molecular flexibility index (Phi) is 5.51. The molecule has 0 heterocycles. The van der Waals surface area contributed by atoms with Gasteiger partial charge in [0, 0.05) is 12.7 Å². The van der Waals surface area contributed by atoms with Crippen LogP contribution < -0.4 is 9.62 Å². The van der Waals surface area contributed by atoms with E-state index >= 15 is 0 Å². The van der Waals surface area contributed by atoms with Crippen LogP contribution in [0, 0.1) is 13.8 Å². The van der Waals surface area contributed by atoms with Crippen LogP contribution in [-0.4, -0.2) is 21.4 Å². The van der Waals surface area contributed by atoms with E-state index in [2.05, 4.69) is 5.32 Å². The number of aryl methyl sites for hydroxylation is 2. The van der Waals surface area contributed by atoms with Crippen molar-refractivity contribution in [1.82, 2.24) is 0 Å². The van der Waals surface area contributed by atoms with Crippen LogP contribution in [0.5, 0.6) is 0 Å². The summed E-state index contributed by atoms with van der Waals surface area (Å²) in [6.45, 7) is 3.83. The van der Waals surface area contributed by atoms with Gasteiger partial charge in [0.2, 0.25) is 0 Å². The maximum Gasteiger partial charge on any atom is 0.264 e. The van der Waals surface area contributed by atoms with Gasteiger partial charge in [-0.1, -0.05) is 48.5 Å². The van der Waals surface area contributed by atoms with Gasteiger partial charge in [0.25, 0.3) is 15.9 Å². The SMILES string of the molecule is Cc1cccc(C)c1NC(=O)c1ccccc1N(C)S(=O)(=O)c1ccccc1. The molecular weight excluding hydrogens is 372 g/mol. The summed E-state index contributed by atoms with van der Waals surface area (Å²) in [7, 11) is -2.33. The van der Waals surface area contributed by atoms with Crippen LogP contribution in [0.2, 0.25) is 0 Å². The molecule has 0 aliphatic rings. The molecule has 6 heteroatoms. The largest absolute Gasteiger partial charge is 0.321 e. The molecule has 0 bridgehead atoms. The van der Waals surface area contributed by atoms with Crippen LogP contribution in [0.1, 0.15) is 21.5 Å². The molecule has 3 aromatic rings. The molecule has 3 rings (SSSR count). The molecule has 1 N–H and O–H groups in total. The Morgan fingerprint density at radius 2 is 1.39 bits per heavy atom. The number of benzene rings is 3. The lowest BCUT2D eigenvalue weighted by molar-refractivity contribution is 0.102. The summed E-state index contributed by atoms with van der Waals surface area (Å²) in [6, 6.07) is 20.6. The number of sulfonamides is 1. The van der Waals surface area contributed by atoms with Crippen LogP contribution in [0.15, 0.2) is 77.7 Å². The van der Waals surface area contributed by atoms with Gasteiger partial charge in [-0.2, -0.15) is 0 Å². The predicted molar refractivity (Wildman–Crippen MR) is 112 cm³/mol. The Bertz CT molecular complexity index is 1090. The van der Waals surface area contributed by atoms with Crippen LogP contribution in [0.25, 0.3) is 0 Å². The average Bonchev–Trinajstić information content (AvgIpc) is 2.70. The van der Waals surface area contributed by atoms with E-state index in [-0.39, 0.29) is 16.4 Å². The predicted octanol–water partition coefficient (Wildman–Crippen LogP) is 4.38. The Morgan fingerprint density at radius 3 is 2.04 bits per heavy atom. The highest BCUT2D eigenvalue weighted by atomic mass is 32.2. The third-order valence-corrected chi connectivity index (χ3v) is 6.39. The Hall–Kier alpha value is -3.12. The fraction of sp³-hybridized carbons (Fsp3) is 0.136. The van der Waals surface area contributed by atoms with E-state index in [1.807, 2.05) is 32.0 Å². The molecule has 0 aliphatic heterocycles. The number of hydrogen-bond acceptors (Lipinski definition) is 3. The van der Waals surface area contributed by atoms with Crippen LogP contribution in [0.3, 0.4) is 0 Å². The molecule has 0 aliphatic carbocycles. The summed E-state index contributed by atoms with van der Waals surface area (Å²) in [4.78, 5) is 13.1. The molecule has 0 aromatic heterocycles. The van der Waals surface area contributed by atoms with Crippen molar-refractivity contribution in [2.75, 3.05) is 16.7 Å². The number of nitrogens with zero attached hydrogens (tertiary/aromatic N) is 1. The first-order valence-electron chi connectivity index (χ1n) is 8.83. The molecule has 3 aromatic carbocycles. The van der Waals surface area contributed by atoms with E-state index < -0.39 is 10.0 Å². The minimum atomic E-state index is -3.78. The van der Waals surface area contributed by atoms with Gasteiger partial charge < -0.3 is 5.32 Å². The molecule has 0 fully saturated rings. The van der Waals surface area contributed by atoms with Gasteiger partial charge in [0.1, 0.15) is 0 Å². The zero-order valence-corrected chi connectivity index (χ0v) is 16.8. The standard InChI is InChI=1S/C22H22N2O3S/c1-16-10-9-11-17(2)21(16)23-22(25)19-14-7-8-15-20(19)24(3)28(26,27)18-12-5-4-6-13-18/h4-15H,1-3H3,(H,23,25). The fourth-order valence-corrected chi connectivity index (χ4v) is 4.25. The Morgan fingerprint density at radius 1 is 0.821 bits per heavy atom. The van der Waals surface area contributed by atoms with E-state index in [4.69, 9.17) is 0 Å². The van der Waals surface area contributed by atoms with Crippen molar-refractivity contribution in [2.24, 2.45) is 0 Å². The van der Waals surface area contributed by atoms with Gasteiger partial charge in [-0.25, -0.2) is 8.42 Å². The maximum absolute atomic E-state index is 13.0. The van der Waals surface area contributed by atoms with E-state index in [0.29, 0.717) is 5.69 Å². The summed E-state index contributed by atoms with van der Waals surface area (Å²) in [5.74, 6) is -0.358. The minimum Gasteiger partial charge on any atom is -0.321 e. The summed E-state index contributed by atoms with van der Waals surface area (Å²) < 4.78 is 27.1. The number of anilines is 2. The Balaban J connectivity index is 1.98. The second-order valence-electron chi connectivity index (χ2n) is 6.52. The number of carbonyl (C=O) groups is 1. The van der Waals surface area contributed by atoms with Crippen LogP contribution >= 0.6 is 0 Å². The van der Waals surface area contributed by atoms with Gasteiger partial charge >= 0.3 is 0 Å². The van der Waals surface area contributed by atoms with E-state index in [0.717, 1.165) is 21.1 Å². The second-order valence-corrected chi connectivity index (χ2v) is 8.49. The number of rotatable bonds is 5. The van der Waals surface area contributed by atoms with Crippen molar-refractivity contribution < 1.29 is 13.2 Å². The van der Waals surface area contributed by atoms with Crippen molar-refractivity contribution in [3.05, 3.63) is 89.5 Å². The van der Waals surface area contributed by atoms with Gasteiger partial charge in [-0.15, -0.1) is 0 Å². The zero-order chi connectivity index (χ0) is 20.3. The van der Waals surface area contributed by atoms with Crippen molar-refractivity contribution >= 4 is 27.3 Å². The molecular formula is C22H22N2O3S. The third-order valence-electron chi connectivity index (χ3n) is 4.61. The molecule has 5 nitrogen and oxygen atoms in total. The Labute approximate surface area is 165 Å². The number of nitrogens with one attached hydrogen (secondary N) is 1. The van der Waals surface area contributed by atoms with E-state index in [1.54, 1.807) is 42.5 Å². The number of hydrogen-bond donors (Lipinski definition) is 1. The molecule has 144 valence electrons. The highest BCUT2D eigenvalue weighted by Crippen LogP contribution is 2.27. The molecule has 0 unspecified atom stereocenters. The number of amides is 1. The molecule has 0 saturated carbocycles. The minimum absolute atomic E-state index is 0.169. The first-order chi connectivity index (χ1) is 13.3. The molecule has 0 saturated heterocycles. The van der Waals surface area contributed by atoms with Crippen LogP contribution in [-0.2, 0) is 10.0 Å². The highest BCUT2D eigenvalue weighted by Gasteiger charge is 2.25. The van der Waals surface area contributed by atoms with Gasteiger partial charge in [0.05, 0.1) is 16.1 Å². The summed E-state index contributed by atoms with van der Waals surface area (Å²) >= 11 is 0. The average molecular weight is 394 g/mol. The van der Waals surface area contributed by atoms with Gasteiger partial charge in [-0.05, 0) is 49.2 Å². The summed E-state index contributed by atoms with van der Waals surface area (Å²) in [5.41, 5.74) is 3.21. The monoisotopic (exact) mass is 394 g/mol. The topological polar surface area (TPSA) is 66.5 Å². The number of carbonyl (C=O) groups excluding carboxylic acids is 1. The maximum atomic E-state index is 13.0. The zero-order valence-electron chi connectivity index (χ0n) is 16.0. The molecule has 0 spiro atoms. The third kappa shape index (κ3) is 3.77.